The number of pyridine rings is 1. The summed E-state index contributed by atoms with van der Waals surface area (Å²) >= 11 is 0. The van der Waals surface area contributed by atoms with E-state index in [9.17, 15) is 0 Å². The number of hydrogen-bond donors (Lipinski definition) is 2. The van der Waals surface area contributed by atoms with Gasteiger partial charge >= 0.3 is 0 Å². The predicted octanol–water partition coefficient (Wildman–Crippen LogP) is 0.686. The van der Waals surface area contributed by atoms with E-state index in [0.717, 1.165) is 17.5 Å². The van der Waals surface area contributed by atoms with Crippen LogP contribution >= 0.6 is 0 Å². The summed E-state index contributed by atoms with van der Waals surface area (Å²) in [4.78, 5) is 8.22. The van der Waals surface area contributed by atoms with E-state index < -0.39 is 6.04 Å². The second-order valence-corrected chi connectivity index (χ2v) is 3.63. The third-order valence-electron chi connectivity index (χ3n) is 2.48. The van der Waals surface area contributed by atoms with Crippen molar-refractivity contribution in [3.05, 3.63) is 29.9 Å². The van der Waals surface area contributed by atoms with Crippen molar-refractivity contribution in [1.82, 2.24) is 15.1 Å². The summed E-state index contributed by atoms with van der Waals surface area (Å²) in [5.41, 5.74) is 7.51. The van der Waals surface area contributed by atoms with Gasteiger partial charge in [0.15, 0.2) is 0 Å². The highest BCUT2D eigenvalue weighted by molar-refractivity contribution is 5.58. The lowest BCUT2D eigenvalue weighted by atomic mass is 10.1. The molecule has 2 heterocycles. The Balaban J connectivity index is 2.37. The van der Waals surface area contributed by atoms with Crippen LogP contribution in [0.15, 0.2) is 23.0 Å². The number of nitrogens with zero attached hydrogens (tertiary/aromatic N) is 3. The van der Waals surface area contributed by atoms with E-state index in [0.29, 0.717) is 5.82 Å². The van der Waals surface area contributed by atoms with Crippen molar-refractivity contribution in [3.63, 3.8) is 0 Å². The van der Waals surface area contributed by atoms with Crippen LogP contribution in [0.3, 0.4) is 0 Å². The molecule has 0 aliphatic rings. The first kappa shape index (κ1) is 11.7. The molecular weight excluding hydrogens is 220 g/mol. The highest BCUT2D eigenvalue weighted by Gasteiger charge is 2.16. The number of aromatic nitrogens is 3. The lowest BCUT2D eigenvalue weighted by molar-refractivity contribution is 0.237. The Morgan fingerprint density at radius 3 is 3.06 bits per heavy atom. The van der Waals surface area contributed by atoms with Gasteiger partial charge < -0.3 is 15.4 Å². The summed E-state index contributed by atoms with van der Waals surface area (Å²) < 4.78 is 5.00. The third-order valence-corrected chi connectivity index (χ3v) is 2.48. The lowest BCUT2D eigenvalue weighted by Crippen LogP contribution is -2.14. The van der Waals surface area contributed by atoms with Crippen LogP contribution in [0, 0.1) is 0 Å². The Hall–Kier alpha value is -1.79. The van der Waals surface area contributed by atoms with Crippen molar-refractivity contribution < 1.29 is 9.63 Å². The van der Waals surface area contributed by atoms with Crippen LogP contribution in [-0.2, 0) is 6.42 Å². The van der Waals surface area contributed by atoms with Gasteiger partial charge in [-0.25, -0.2) is 0 Å². The summed E-state index contributed by atoms with van der Waals surface area (Å²) in [7, 11) is 0. The molecule has 0 aromatic carbocycles. The van der Waals surface area contributed by atoms with Gasteiger partial charge in [-0.05, 0) is 18.1 Å². The molecule has 0 aliphatic carbocycles. The van der Waals surface area contributed by atoms with Gasteiger partial charge in [0.2, 0.25) is 11.7 Å². The molecule has 17 heavy (non-hydrogen) atoms. The van der Waals surface area contributed by atoms with Crippen molar-refractivity contribution in [1.29, 1.82) is 0 Å². The Labute approximate surface area is 98.5 Å². The average Bonchev–Trinajstić information content (AvgIpc) is 2.87. The minimum atomic E-state index is -0.636. The molecule has 0 saturated heterocycles. The molecule has 90 valence electrons. The minimum Gasteiger partial charge on any atom is -0.394 e. The molecule has 3 N–H and O–H groups in total. The fourth-order valence-electron chi connectivity index (χ4n) is 1.50. The molecule has 2 aromatic rings. The molecular formula is C11H14N4O2. The third kappa shape index (κ3) is 2.32. The zero-order valence-electron chi connectivity index (χ0n) is 9.50. The molecule has 0 radical (unpaired) electrons. The monoisotopic (exact) mass is 234 g/mol. The Morgan fingerprint density at radius 1 is 1.53 bits per heavy atom. The van der Waals surface area contributed by atoms with E-state index in [-0.39, 0.29) is 12.5 Å². The molecule has 1 atom stereocenters. The number of aliphatic hydroxyl groups excluding tert-OH is 1. The van der Waals surface area contributed by atoms with Crippen LogP contribution in [0.5, 0.6) is 0 Å². The summed E-state index contributed by atoms with van der Waals surface area (Å²) in [5.74, 6) is 0.713. The van der Waals surface area contributed by atoms with E-state index in [1.54, 1.807) is 12.4 Å². The SMILES string of the molecule is CCc1cnccc1-c1noc([C@H](N)CO)n1. The smallest absolute Gasteiger partial charge is 0.246 e. The lowest BCUT2D eigenvalue weighted by Gasteiger charge is -2.01. The van der Waals surface area contributed by atoms with E-state index in [2.05, 4.69) is 15.1 Å². The molecule has 6 heteroatoms. The van der Waals surface area contributed by atoms with Gasteiger partial charge in [-0.2, -0.15) is 4.98 Å². The highest BCUT2D eigenvalue weighted by Crippen LogP contribution is 2.21. The first-order valence-corrected chi connectivity index (χ1v) is 5.39. The quantitative estimate of drug-likeness (QED) is 0.807. The van der Waals surface area contributed by atoms with Gasteiger partial charge in [0.05, 0.1) is 6.61 Å². The summed E-state index contributed by atoms with van der Waals surface area (Å²) in [6.07, 6.45) is 4.28. The van der Waals surface area contributed by atoms with E-state index in [1.165, 1.54) is 0 Å². The molecule has 2 aromatic heterocycles. The molecule has 0 spiro atoms. The van der Waals surface area contributed by atoms with Gasteiger partial charge in [0.1, 0.15) is 6.04 Å². The highest BCUT2D eigenvalue weighted by atomic mass is 16.5. The zero-order chi connectivity index (χ0) is 12.3. The summed E-state index contributed by atoms with van der Waals surface area (Å²) in [6, 6.07) is 1.20. The maximum Gasteiger partial charge on any atom is 0.246 e. The van der Waals surface area contributed by atoms with Crippen LogP contribution < -0.4 is 5.73 Å². The number of rotatable bonds is 4. The largest absolute Gasteiger partial charge is 0.394 e. The summed E-state index contributed by atoms with van der Waals surface area (Å²) in [5, 5.41) is 12.8. The van der Waals surface area contributed by atoms with Crippen LogP contribution in [0.2, 0.25) is 0 Å². The second kappa shape index (κ2) is 5.03. The maximum absolute atomic E-state index is 8.91. The normalized spacial score (nSPS) is 12.6. The van der Waals surface area contributed by atoms with Crippen molar-refractivity contribution >= 4 is 0 Å². The topological polar surface area (TPSA) is 98.1 Å². The van der Waals surface area contributed by atoms with Crippen molar-refractivity contribution in [2.24, 2.45) is 5.73 Å². The Kier molecular flexibility index (Phi) is 3.46. The van der Waals surface area contributed by atoms with Crippen LogP contribution in [0.4, 0.5) is 0 Å². The number of aryl methyl sites for hydroxylation is 1. The van der Waals surface area contributed by atoms with Gasteiger partial charge in [-0.1, -0.05) is 12.1 Å². The van der Waals surface area contributed by atoms with Crippen LogP contribution in [0.1, 0.15) is 24.4 Å². The standard InChI is InChI=1S/C11H14N4O2/c1-2-7-5-13-4-3-8(7)10-14-11(17-15-10)9(12)6-16/h3-5,9,16H,2,6,12H2,1H3/t9-/m1/s1. The molecule has 0 saturated carbocycles. The molecule has 0 fully saturated rings. The first-order valence-electron chi connectivity index (χ1n) is 5.39. The van der Waals surface area contributed by atoms with E-state index in [4.69, 9.17) is 15.4 Å². The number of hydrogen-bond acceptors (Lipinski definition) is 6. The van der Waals surface area contributed by atoms with Gasteiger partial charge in [0.25, 0.3) is 0 Å². The Bertz CT molecular complexity index is 498. The molecule has 6 nitrogen and oxygen atoms in total. The van der Waals surface area contributed by atoms with E-state index in [1.807, 2.05) is 13.0 Å². The maximum atomic E-state index is 8.91. The fourth-order valence-corrected chi connectivity index (χ4v) is 1.50. The molecule has 0 aliphatic heterocycles. The van der Waals surface area contributed by atoms with E-state index >= 15 is 0 Å². The van der Waals surface area contributed by atoms with Gasteiger partial charge in [0, 0.05) is 18.0 Å². The molecule has 0 bridgehead atoms. The molecule has 2 rings (SSSR count). The van der Waals surface area contributed by atoms with Crippen molar-refractivity contribution in [2.45, 2.75) is 19.4 Å². The van der Waals surface area contributed by atoms with Crippen LogP contribution in [-0.4, -0.2) is 26.8 Å². The molecule has 0 amide bonds. The Morgan fingerprint density at radius 2 is 2.35 bits per heavy atom. The fraction of sp³-hybridized carbons (Fsp3) is 0.364. The minimum absolute atomic E-state index is 0.224. The van der Waals surface area contributed by atoms with Crippen molar-refractivity contribution in [2.75, 3.05) is 6.61 Å². The number of aliphatic hydroxyl groups is 1. The zero-order valence-corrected chi connectivity index (χ0v) is 9.50. The number of nitrogens with two attached hydrogens (primary N) is 1. The first-order chi connectivity index (χ1) is 8.26. The van der Waals surface area contributed by atoms with Gasteiger partial charge in [-0.15, -0.1) is 0 Å². The average molecular weight is 234 g/mol. The van der Waals surface area contributed by atoms with Gasteiger partial charge in [-0.3, -0.25) is 4.98 Å². The van der Waals surface area contributed by atoms with Crippen LogP contribution in [0.25, 0.3) is 11.4 Å². The predicted molar refractivity (Wildman–Crippen MR) is 60.9 cm³/mol. The van der Waals surface area contributed by atoms with Crippen molar-refractivity contribution in [3.8, 4) is 11.4 Å². The molecule has 0 unspecified atom stereocenters. The second-order valence-electron chi connectivity index (χ2n) is 3.63. The summed E-state index contributed by atoms with van der Waals surface area (Å²) in [6.45, 7) is 1.81.